The second kappa shape index (κ2) is 6.77. The van der Waals surface area contributed by atoms with E-state index in [0.717, 1.165) is 16.6 Å². The summed E-state index contributed by atoms with van der Waals surface area (Å²) in [5.41, 5.74) is 2.13. The zero-order valence-electron chi connectivity index (χ0n) is 13.9. The Morgan fingerprint density at radius 1 is 1.15 bits per heavy atom. The van der Waals surface area contributed by atoms with Crippen LogP contribution in [0.4, 0.5) is 11.4 Å². The Balaban J connectivity index is 1.56. The van der Waals surface area contributed by atoms with Gasteiger partial charge in [0.15, 0.2) is 0 Å². The predicted octanol–water partition coefficient (Wildman–Crippen LogP) is 3.88. The molecule has 1 saturated heterocycles. The van der Waals surface area contributed by atoms with E-state index in [9.17, 15) is 9.59 Å². The smallest absolute Gasteiger partial charge is 0.229 e. The summed E-state index contributed by atoms with van der Waals surface area (Å²) in [6.45, 7) is 0.334. The van der Waals surface area contributed by atoms with Crippen molar-refractivity contribution in [3.05, 3.63) is 65.8 Å². The van der Waals surface area contributed by atoms with Crippen molar-refractivity contribution in [1.29, 1.82) is 0 Å². The van der Waals surface area contributed by atoms with Crippen LogP contribution in [0.5, 0.6) is 0 Å². The third-order valence-corrected chi connectivity index (χ3v) is 4.73. The van der Waals surface area contributed by atoms with Gasteiger partial charge in [-0.1, -0.05) is 35.9 Å². The van der Waals surface area contributed by atoms with Crippen LogP contribution >= 0.6 is 11.6 Å². The molecule has 0 radical (unpaired) electrons. The van der Waals surface area contributed by atoms with E-state index in [0.29, 0.717) is 17.3 Å². The van der Waals surface area contributed by atoms with E-state index >= 15 is 0 Å². The van der Waals surface area contributed by atoms with E-state index in [1.165, 1.54) is 0 Å². The molecule has 26 heavy (non-hydrogen) atoms. The number of nitrogens with zero attached hydrogens (tertiary/aromatic N) is 2. The van der Waals surface area contributed by atoms with Crippen molar-refractivity contribution in [1.82, 2.24) is 4.98 Å². The van der Waals surface area contributed by atoms with Gasteiger partial charge in [-0.05, 0) is 30.3 Å². The molecule has 1 aliphatic rings. The number of rotatable bonds is 3. The lowest BCUT2D eigenvalue weighted by Crippen LogP contribution is -2.28. The molecular weight excluding hydrogens is 350 g/mol. The Morgan fingerprint density at radius 2 is 1.96 bits per heavy atom. The minimum absolute atomic E-state index is 0.0746. The van der Waals surface area contributed by atoms with E-state index < -0.39 is 5.92 Å². The zero-order chi connectivity index (χ0) is 18.1. The normalized spacial score (nSPS) is 16.9. The molecule has 1 aliphatic heterocycles. The topological polar surface area (TPSA) is 62.3 Å². The minimum Gasteiger partial charge on any atom is -0.326 e. The SMILES string of the molecule is O=C(Nc1cccc(Cl)c1)C1CC(=O)N(c2cccc3cccnc23)C1. The average molecular weight is 366 g/mol. The quantitative estimate of drug-likeness (QED) is 0.766. The van der Waals surface area contributed by atoms with Gasteiger partial charge in [-0.15, -0.1) is 0 Å². The Hall–Kier alpha value is -2.92. The van der Waals surface area contributed by atoms with Gasteiger partial charge in [0.2, 0.25) is 11.8 Å². The number of halogens is 1. The average Bonchev–Trinajstić information content (AvgIpc) is 3.03. The number of hydrogen-bond acceptors (Lipinski definition) is 3. The van der Waals surface area contributed by atoms with Crippen molar-refractivity contribution >= 4 is 45.7 Å². The molecule has 0 aliphatic carbocycles. The van der Waals surface area contributed by atoms with Gasteiger partial charge in [-0.3, -0.25) is 14.6 Å². The van der Waals surface area contributed by atoms with Gasteiger partial charge in [0.05, 0.1) is 17.1 Å². The largest absolute Gasteiger partial charge is 0.326 e. The fourth-order valence-corrected chi connectivity index (χ4v) is 3.42. The van der Waals surface area contributed by atoms with Crippen LogP contribution in [0.1, 0.15) is 6.42 Å². The molecule has 2 heterocycles. The summed E-state index contributed by atoms with van der Waals surface area (Å²) in [4.78, 5) is 31.1. The van der Waals surface area contributed by atoms with E-state index in [1.807, 2.05) is 30.3 Å². The number of hydrogen-bond donors (Lipinski definition) is 1. The van der Waals surface area contributed by atoms with Crippen LogP contribution in [0.2, 0.25) is 5.02 Å². The van der Waals surface area contributed by atoms with E-state index in [1.54, 1.807) is 35.4 Å². The summed E-state index contributed by atoms with van der Waals surface area (Å²) in [5, 5.41) is 4.35. The summed E-state index contributed by atoms with van der Waals surface area (Å²) < 4.78 is 0. The van der Waals surface area contributed by atoms with Crippen LogP contribution < -0.4 is 10.2 Å². The molecule has 1 atom stereocenters. The Kier molecular flexibility index (Phi) is 4.31. The van der Waals surface area contributed by atoms with E-state index in [-0.39, 0.29) is 18.2 Å². The van der Waals surface area contributed by atoms with Gasteiger partial charge >= 0.3 is 0 Å². The van der Waals surface area contributed by atoms with Crippen LogP contribution in [0.25, 0.3) is 10.9 Å². The molecule has 5 nitrogen and oxygen atoms in total. The van der Waals surface area contributed by atoms with Crippen LogP contribution in [0, 0.1) is 5.92 Å². The fourth-order valence-electron chi connectivity index (χ4n) is 3.23. The molecular formula is C20H16ClN3O2. The van der Waals surface area contributed by atoms with Crippen molar-refractivity contribution in [2.24, 2.45) is 5.92 Å². The molecule has 1 unspecified atom stereocenters. The lowest BCUT2D eigenvalue weighted by Gasteiger charge is -2.18. The van der Waals surface area contributed by atoms with Gasteiger partial charge in [0, 0.05) is 35.3 Å². The van der Waals surface area contributed by atoms with E-state index in [4.69, 9.17) is 11.6 Å². The summed E-state index contributed by atoms with van der Waals surface area (Å²) in [6.07, 6.45) is 1.88. The van der Waals surface area contributed by atoms with Crippen molar-refractivity contribution in [2.45, 2.75) is 6.42 Å². The first-order chi connectivity index (χ1) is 12.6. The van der Waals surface area contributed by atoms with Crippen molar-refractivity contribution < 1.29 is 9.59 Å². The number of aromatic nitrogens is 1. The molecule has 130 valence electrons. The van der Waals surface area contributed by atoms with E-state index in [2.05, 4.69) is 10.3 Å². The number of carbonyl (C=O) groups excluding carboxylic acids is 2. The van der Waals surface area contributed by atoms with Crippen LogP contribution in [0.3, 0.4) is 0 Å². The number of nitrogens with one attached hydrogen (secondary N) is 1. The summed E-state index contributed by atoms with van der Waals surface area (Å²) in [5.74, 6) is -0.675. The molecule has 1 N–H and O–H groups in total. The molecule has 4 rings (SSSR count). The van der Waals surface area contributed by atoms with Gasteiger partial charge in [-0.25, -0.2) is 0 Å². The third-order valence-electron chi connectivity index (χ3n) is 4.49. The maximum Gasteiger partial charge on any atom is 0.229 e. The monoisotopic (exact) mass is 365 g/mol. The zero-order valence-corrected chi connectivity index (χ0v) is 14.6. The fraction of sp³-hybridized carbons (Fsp3) is 0.150. The number of fused-ring (bicyclic) bond motifs is 1. The molecule has 0 spiro atoms. The summed E-state index contributed by atoms with van der Waals surface area (Å²) in [6, 6.07) is 16.5. The Bertz CT molecular complexity index is 1000. The first kappa shape index (κ1) is 16.5. The first-order valence-electron chi connectivity index (χ1n) is 8.32. The second-order valence-electron chi connectivity index (χ2n) is 6.26. The molecule has 0 saturated carbocycles. The number of pyridine rings is 1. The molecule has 0 bridgehead atoms. The predicted molar refractivity (Wildman–Crippen MR) is 102 cm³/mol. The maximum absolute atomic E-state index is 12.6. The molecule has 1 fully saturated rings. The van der Waals surface area contributed by atoms with Gasteiger partial charge < -0.3 is 10.2 Å². The minimum atomic E-state index is -0.416. The number of carbonyl (C=O) groups is 2. The van der Waals surface area contributed by atoms with Crippen LogP contribution in [0.15, 0.2) is 60.8 Å². The lowest BCUT2D eigenvalue weighted by molar-refractivity contribution is -0.122. The highest BCUT2D eigenvalue weighted by Crippen LogP contribution is 2.31. The lowest BCUT2D eigenvalue weighted by atomic mass is 10.1. The molecule has 1 aromatic heterocycles. The standard InChI is InChI=1S/C20H16ClN3O2/c21-15-6-2-7-16(11-15)23-20(26)14-10-18(25)24(12-14)17-8-1-4-13-5-3-9-22-19(13)17/h1-9,11,14H,10,12H2,(H,23,26). The van der Waals surface area contributed by atoms with Crippen LogP contribution in [-0.2, 0) is 9.59 Å². The molecule has 6 heteroatoms. The van der Waals surface area contributed by atoms with Crippen molar-refractivity contribution in [3.8, 4) is 0 Å². The maximum atomic E-state index is 12.6. The van der Waals surface area contributed by atoms with Gasteiger partial charge in [0.1, 0.15) is 0 Å². The van der Waals surface area contributed by atoms with Gasteiger partial charge in [-0.2, -0.15) is 0 Å². The highest BCUT2D eigenvalue weighted by molar-refractivity contribution is 6.30. The molecule has 2 aromatic carbocycles. The molecule has 2 amide bonds. The van der Waals surface area contributed by atoms with Crippen LogP contribution in [-0.4, -0.2) is 23.3 Å². The molecule has 3 aromatic rings. The highest BCUT2D eigenvalue weighted by Gasteiger charge is 2.36. The summed E-state index contributed by atoms with van der Waals surface area (Å²) >= 11 is 5.95. The number of para-hydroxylation sites is 1. The van der Waals surface area contributed by atoms with Crippen molar-refractivity contribution in [2.75, 3.05) is 16.8 Å². The highest BCUT2D eigenvalue weighted by atomic mass is 35.5. The summed E-state index contributed by atoms with van der Waals surface area (Å²) in [7, 11) is 0. The first-order valence-corrected chi connectivity index (χ1v) is 8.70. The van der Waals surface area contributed by atoms with Gasteiger partial charge in [0.25, 0.3) is 0 Å². The second-order valence-corrected chi connectivity index (χ2v) is 6.69. The Labute approximate surface area is 155 Å². The van der Waals surface area contributed by atoms with Crippen molar-refractivity contribution in [3.63, 3.8) is 0 Å². The number of amides is 2. The number of benzene rings is 2. The third kappa shape index (κ3) is 3.13. The Morgan fingerprint density at radius 3 is 2.81 bits per heavy atom. The number of anilines is 2.